The van der Waals surface area contributed by atoms with Crippen LogP contribution in [0.25, 0.3) is 32.6 Å². The molecule has 4 nitrogen and oxygen atoms in total. The molecule has 2 aromatic heterocycles. The van der Waals surface area contributed by atoms with Crippen molar-refractivity contribution in [2.75, 3.05) is 0 Å². The molecule has 0 bridgehead atoms. The molecule has 1 aliphatic carbocycles. The number of aryl methyl sites for hydroxylation is 2. The van der Waals surface area contributed by atoms with E-state index in [1.165, 1.54) is 0 Å². The highest BCUT2D eigenvalue weighted by atomic mass is 32.1. The highest BCUT2D eigenvalue weighted by Crippen LogP contribution is 2.37. The van der Waals surface area contributed by atoms with Crippen molar-refractivity contribution in [1.29, 1.82) is 0 Å². The average Bonchev–Trinajstić information content (AvgIpc) is 3.47. The average molecular weight is 461 g/mol. The number of hydrogen-bond donors (Lipinski definition) is 0. The number of hydrogen-bond acceptors (Lipinski definition) is 4. The minimum Gasteiger partial charge on any atom is -0.292 e. The van der Waals surface area contributed by atoms with Crippen molar-refractivity contribution in [3.05, 3.63) is 113 Å². The highest BCUT2D eigenvalue weighted by Gasteiger charge is 2.34. The summed E-state index contributed by atoms with van der Waals surface area (Å²) in [7, 11) is 0. The van der Waals surface area contributed by atoms with Gasteiger partial charge >= 0.3 is 0 Å². The molecule has 0 N–H and O–H groups in total. The topological polar surface area (TPSA) is 52.0 Å². The summed E-state index contributed by atoms with van der Waals surface area (Å²) in [4.78, 5) is 33.2. The first kappa shape index (κ1) is 20.5. The van der Waals surface area contributed by atoms with Gasteiger partial charge in [0.25, 0.3) is 0 Å². The number of benzene rings is 3. The van der Waals surface area contributed by atoms with Gasteiger partial charge in [0.2, 0.25) is 0 Å². The second-order valence-corrected chi connectivity index (χ2v) is 9.54. The predicted molar refractivity (Wildman–Crippen MR) is 137 cm³/mol. The van der Waals surface area contributed by atoms with Gasteiger partial charge in [-0.15, -0.1) is 11.3 Å². The molecule has 0 aliphatic heterocycles. The largest absolute Gasteiger partial charge is 0.292 e. The van der Waals surface area contributed by atoms with Crippen molar-refractivity contribution in [3.8, 4) is 16.1 Å². The molecule has 0 saturated heterocycles. The van der Waals surface area contributed by atoms with Crippen molar-refractivity contribution >= 4 is 39.3 Å². The molecule has 0 unspecified atom stereocenters. The van der Waals surface area contributed by atoms with Gasteiger partial charge in [-0.05, 0) is 66.9 Å². The number of thiophene rings is 1. The number of carbonyl (C=O) groups is 2. The van der Waals surface area contributed by atoms with E-state index < -0.39 is 0 Å². The standard InChI is InChI=1S/C29H20N2O2S/c1-17-13-21-22(14-18(17)2)28(33)23(27(21)32)15-26-30-29-24(31(26)20-11-7-4-8-12-20)16-25(34-29)19-9-5-3-6-10-19/h3-16H,1-2H3. The van der Waals surface area contributed by atoms with Gasteiger partial charge in [0.1, 0.15) is 10.7 Å². The summed E-state index contributed by atoms with van der Waals surface area (Å²) >= 11 is 1.60. The molecule has 5 aromatic rings. The van der Waals surface area contributed by atoms with E-state index >= 15 is 0 Å². The third kappa shape index (κ3) is 3.17. The zero-order chi connectivity index (χ0) is 23.4. The van der Waals surface area contributed by atoms with Gasteiger partial charge in [-0.25, -0.2) is 4.98 Å². The van der Waals surface area contributed by atoms with Crippen LogP contribution in [0.4, 0.5) is 0 Å². The summed E-state index contributed by atoms with van der Waals surface area (Å²) < 4.78 is 2.02. The van der Waals surface area contributed by atoms with E-state index in [1.54, 1.807) is 17.4 Å². The summed E-state index contributed by atoms with van der Waals surface area (Å²) in [5, 5.41) is 0. The van der Waals surface area contributed by atoms with E-state index in [1.807, 2.05) is 79.1 Å². The van der Waals surface area contributed by atoms with Crippen LogP contribution in [0.3, 0.4) is 0 Å². The molecule has 0 amide bonds. The SMILES string of the molecule is Cc1cc2c(cc1C)C(=O)C(=Cc1nc3sc(-c4ccccc4)cc3n1-c1ccccc1)C2=O. The summed E-state index contributed by atoms with van der Waals surface area (Å²) in [6, 6.07) is 25.9. The molecule has 0 atom stereocenters. The first-order chi connectivity index (χ1) is 16.5. The Morgan fingerprint density at radius 2 is 1.38 bits per heavy atom. The van der Waals surface area contributed by atoms with Crippen LogP contribution in [0.5, 0.6) is 0 Å². The normalized spacial score (nSPS) is 13.1. The second kappa shape index (κ2) is 7.75. The molecule has 34 heavy (non-hydrogen) atoms. The smallest absolute Gasteiger partial charge is 0.197 e. The number of Topliss-reactive ketones (excluding diaryl/α,β-unsaturated/α-hetero) is 2. The lowest BCUT2D eigenvalue weighted by Gasteiger charge is -2.07. The Balaban J connectivity index is 1.54. The molecular formula is C29H20N2O2S. The summed E-state index contributed by atoms with van der Waals surface area (Å²) in [5.41, 5.74) is 6.13. The van der Waals surface area contributed by atoms with E-state index in [2.05, 4.69) is 18.2 Å². The van der Waals surface area contributed by atoms with Crippen molar-refractivity contribution in [3.63, 3.8) is 0 Å². The highest BCUT2D eigenvalue weighted by molar-refractivity contribution is 7.21. The molecule has 0 saturated carbocycles. The van der Waals surface area contributed by atoms with Crippen LogP contribution >= 0.6 is 11.3 Å². The third-order valence-corrected chi connectivity index (χ3v) is 7.41. The number of para-hydroxylation sites is 1. The summed E-state index contributed by atoms with van der Waals surface area (Å²) in [6.07, 6.45) is 1.65. The lowest BCUT2D eigenvalue weighted by Crippen LogP contribution is -2.03. The van der Waals surface area contributed by atoms with Crippen LogP contribution in [0.2, 0.25) is 0 Å². The van der Waals surface area contributed by atoms with Gasteiger partial charge in [-0.2, -0.15) is 0 Å². The Hall–Kier alpha value is -4.09. The van der Waals surface area contributed by atoms with Gasteiger partial charge in [-0.3, -0.25) is 14.2 Å². The minimum absolute atomic E-state index is 0.165. The Morgan fingerprint density at radius 3 is 2.00 bits per heavy atom. The van der Waals surface area contributed by atoms with Crippen molar-refractivity contribution < 1.29 is 9.59 Å². The van der Waals surface area contributed by atoms with E-state index in [0.717, 1.165) is 37.6 Å². The van der Waals surface area contributed by atoms with E-state index in [0.29, 0.717) is 17.0 Å². The number of nitrogens with zero attached hydrogens (tertiary/aromatic N) is 2. The number of ketones is 2. The number of fused-ring (bicyclic) bond motifs is 2. The maximum atomic E-state index is 13.2. The third-order valence-electron chi connectivity index (χ3n) is 6.34. The Bertz CT molecular complexity index is 1600. The van der Waals surface area contributed by atoms with Crippen LogP contribution in [-0.2, 0) is 0 Å². The molecule has 0 spiro atoms. The number of rotatable bonds is 3. The Labute approximate surface area is 200 Å². The van der Waals surface area contributed by atoms with Crippen LogP contribution in [0, 0.1) is 13.8 Å². The lowest BCUT2D eigenvalue weighted by molar-refractivity contribution is 0.0990. The van der Waals surface area contributed by atoms with Gasteiger partial charge < -0.3 is 0 Å². The van der Waals surface area contributed by atoms with Crippen molar-refractivity contribution in [1.82, 2.24) is 9.55 Å². The molecule has 3 aromatic carbocycles. The van der Waals surface area contributed by atoms with Crippen LogP contribution in [0.1, 0.15) is 37.7 Å². The predicted octanol–water partition coefficient (Wildman–Crippen LogP) is 6.83. The molecule has 1 aliphatic rings. The fraction of sp³-hybridized carbons (Fsp3) is 0.0690. The first-order valence-electron chi connectivity index (χ1n) is 11.1. The number of aromatic nitrogens is 2. The van der Waals surface area contributed by atoms with E-state index in [9.17, 15) is 9.59 Å². The second-order valence-electron chi connectivity index (χ2n) is 8.51. The monoisotopic (exact) mass is 460 g/mol. The van der Waals surface area contributed by atoms with Crippen LogP contribution in [0.15, 0.2) is 84.4 Å². The molecule has 0 fully saturated rings. The number of imidazole rings is 1. The quantitative estimate of drug-likeness (QED) is 0.219. The van der Waals surface area contributed by atoms with Gasteiger partial charge in [0.05, 0.1) is 11.1 Å². The summed E-state index contributed by atoms with van der Waals surface area (Å²) in [6.45, 7) is 3.91. The fourth-order valence-electron chi connectivity index (χ4n) is 4.42. The zero-order valence-electron chi connectivity index (χ0n) is 18.7. The maximum absolute atomic E-state index is 13.2. The van der Waals surface area contributed by atoms with Gasteiger partial charge in [-0.1, -0.05) is 48.5 Å². The molecule has 0 radical (unpaired) electrons. The van der Waals surface area contributed by atoms with Gasteiger partial charge in [0.15, 0.2) is 11.6 Å². The Kier molecular flexibility index (Phi) is 4.67. The summed E-state index contributed by atoms with van der Waals surface area (Å²) in [5.74, 6) is 0.100. The van der Waals surface area contributed by atoms with Crippen molar-refractivity contribution in [2.45, 2.75) is 13.8 Å². The first-order valence-corrected chi connectivity index (χ1v) is 11.9. The minimum atomic E-state index is -0.237. The van der Waals surface area contributed by atoms with Gasteiger partial charge in [0, 0.05) is 21.7 Å². The fourth-order valence-corrected chi connectivity index (χ4v) is 5.45. The van der Waals surface area contributed by atoms with E-state index in [-0.39, 0.29) is 17.1 Å². The lowest BCUT2D eigenvalue weighted by atomic mass is 10.0. The number of carbonyl (C=O) groups excluding carboxylic acids is 2. The molecule has 6 rings (SSSR count). The van der Waals surface area contributed by atoms with Crippen molar-refractivity contribution in [2.24, 2.45) is 0 Å². The number of allylic oxidation sites excluding steroid dienone is 1. The van der Waals surface area contributed by atoms with E-state index in [4.69, 9.17) is 4.98 Å². The molecule has 164 valence electrons. The van der Waals surface area contributed by atoms with Crippen LogP contribution < -0.4 is 0 Å². The molecule has 5 heteroatoms. The maximum Gasteiger partial charge on any atom is 0.197 e. The molecular weight excluding hydrogens is 440 g/mol. The van der Waals surface area contributed by atoms with Crippen LogP contribution in [-0.4, -0.2) is 21.1 Å². The molecule has 2 heterocycles. The zero-order valence-corrected chi connectivity index (χ0v) is 19.5. The Morgan fingerprint density at radius 1 is 0.794 bits per heavy atom.